The maximum atomic E-state index is 9.48. The van der Waals surface area contributed by atoms with Gasteiger partial charge in [-0.3, -0.25) is 0 Å². The molecule has 0 aliphatic rings. The standard InChI is InChI=1S/C54H33N3O2/c1-2-10-39-31-40(14-13-34(39)7-1)41-15-16-43-33-46(28-21-42(43)32-41)57(44-24-17-37(18-25-44)53-55-49-29-22-35-8-3-5-11-47(35)51(49)58-53)45-26-19-38(20-27-45)54-56-50-30-23-36-9-4-6-12-48(36)52(50)59-54/h1-33H/i28D. The monoisotopic (exact) mass is 756 g/mol. The van der Waals surface area contributed by atoms with Crippen molar-refractivity contribution in [3.63, 3.8) is 0 Å². The van der Waals surface area contributed by atoms with E-state index in [4.69, 9.17) is 18.8 Å². The summed E-state index contributed by atoms with van der Waals surface area (Å²) in [7, 11) is 0. The lowest BCUT2D eigenvalue weighted by Gasteiger charge is -2.26. The quantitative estimate of drug-likeness (QED) is 0.169. The summed E-state index contributed by atoms with van der Waals surface area (Å²) in [6, 6.07) is 66.9. The van der Waals surface area contributed by atoms with E-state index in [9.17, 15) is 1.37 Å². The normalized spacial score (nSPS) is 12.0. The summed E-state index contributed by atoms with van der Waals surface area (Å²) < 4.78 is 22.3. The van der Waals surface area contributed by atoms with E-state index in [-0.39, 0.29) is 0 Å². The van der Waals surface area contributed by atoms with Crippen molar-refractivity contribution in [1.29, 1.82) is 0 Å². The molecule has 0 bridgehead atoms. The van der Waals surface area contributed by atoms with Crippen LogP contribution >= 0.6 is 0 Å². The molecule has 0 saturated carbocycles. The molecule has 12 aromatic rings. The molecule has 0 amide bonds. The Kier molecular flexibility index (Phi) is 7.23. The fourth-order valence-corrected chi connectivity index (χ4v) is 8.34. The van der Waals surface area contributed by atoms with Gasteiger partial charge in [0.15, 0.2) is 11.2 Å². The molecule has 0 aliphatic heterocycles. The van der Waals surface area contributed by atoms with Gasteiger partial charge >= 0.3 is 0 Å². The number of nitrogens with zero attached hydrogens (tertiary/aromatic N) is 3. The third-order valence-electron chi connectivity index (χ3n) is 11.4. The highest BCUT2D eigenvalue weighted by atomic mass is 16.4. The van der Waals surface area contributed by atoms with Crippen molar-refractivity contribution >= 4 is 82.4 Å². The van der Waals surface area contributed by atoms with E-state index in [2.05, 4.69) is 132 Å². The van der Waals surface area contributed by atoms with Crippen molar-refractivity contribution in [2.45, 2.75) is 0 Å². The molecular weight excluding hydrogens is 723 g/mol. The Labute approximate surface area is 340 Å². The van der Waals surface area contributed by atoms with E-state index >= 15 is 0 Å². The largest absolute Gasteiger partial charge is 0.435 e. The smallest absolute Gasteiger partial charge is 0.227 e. The number of fused-ring (bicyclic) bond motifs is 8. The van der Waals surface area contributed by atoms with E-state index in [0.717, 1.165) is 93.8 Å². The Morgan fingerprint density at radius 3 is 1.34 bits per heavy atom. The van der Waals surface area contributed by atoms with Crippen LogP contribution in [0.1, 0.15) is 1.37 Å². The van der Waals surface area contributed by atoms with Gasteiger partial charge in [-0.15, -0.1) is 0 Å². The topological polar surface area (TPSA) is 55.3 Å². The molecule has 2 heterocycles. The number of hydrogen-bond acceptors (Lipinski definition) is 5. The van der Waals surface area contributed by atoms with Crippen molar-refractivity contribution in [3.05, 3.63) is 200 Å². The second kappa shape index (κ2) is 13.3. The number of rotatable bonds is 6. The second-order valence-electron chi connectivity index (χ2n) is 15.0. The summed E-state index contributed by atoms with van der Waals surface area (Å²) in [6.07, 6.45) is 0. The third-order valence-corrected chi connectivity index (χ3v) is 11.4. The van der Waals surface area contributed by atoms with Gasteiger partial charge in [0.05, 0.1) is 1.37 Å². The lowest BCUT2D eigenvalue weighted by atomic mass is 9.98. The molecule has 5 heteroatoms. The van der Waals surface area contributed by atoms with Crippen LogP contribution in [-0.2, 0) is 0 Å². The van der Waals surface area contributed by atoms with Gasteiger partial charge in [-0.1, -0.05) is 115 Å². The Bertz CT molecular complexity index is 3470. The lowest BCUT2D eigenvalue weighted by molar-refractivity contribution is 0.622. The Morgan fingerprint density at radius 1 is 0.356 bits per heavy atom. The van der Waals surface area contributed by atoms with Gasteiger partial charge in [-0.2, -0.15) is 0 Å². The van der Waals surface area contributed by atoms with Crippen LogP contribution in [0.25, 0.3) is 99.3 Å². The number of anilines is 3. The van der Waals surface area contributed by atoms with Crippen LogP contribution in [0.15, 0.2) is 209 Å². The zero-order chi connectivity index (χ0) is 39.7. The van der Waals surface area contributed by atoms with Gasteiger partial charge in [0.25, 0.3) is 0 Å². The highest BCUT2D eigenvalue weighted by molar-refractivity contribution is 6.04. The highest BCUT2D eigenvalue weighted by Gasteiger charge is 2.18. The molecule has 0 fully saturated rings. The van der Waals surface area contributed by atoms with Crippen molar-refractivity contribution in [1.82, 2.24) is 9.97 Å². The van der Waals surface area contributed by atoms with E-state index in [0.29, 0.717) is 17.8 Å². The van der Waals surface area contributed by atoms with Crippen molar-refractivity contribution in [3.8, 4) is 34.0 Å². The SMILES string of the molecule is [2H]c1cc2cc(-c3ccc4ccccc4c3)ccc2cc1N(c1ccc(-c2nc3ccc4ccccc4c3o2)cc1)c1ccc(-c2nc3ccc4ccccc4c3o2)cc1. The minimum Gasteiger partial charge on any atom is -0.435 e. The van der Waals surface area contributed by atoms with Gasteiger partial charge in [0.2, 0.25) is 11.8 Å². The molecule has 0 aliphatic carbocycles. The molecule has 5 nitrogen and oxygen atoms in total. The number of hydrogen-bond donors (Lipinski definition) is 0. The van der Waals surface area contributed by atoms with Gasteiger partial charge < -0.3 is 13.7 Å². The molecule has 2 aromatic heterocycles. The molecule has 0 unspecified atom stereocenters. The molecule has 0 spiro atoms. The van der Waals surface area contributed by atoms with Gasteiger partial charge in [-0.25, -0.2) is 9.97 Å². The van der Waals surface area contributed by atoms with Gasteiger partial charge in [0.1, 0.15) is 11.0 Å². The molecule has 59 heavy (non-hydrogen) atoms. The Hall–Kier alpha value is -8.02. The summed E-state index contributed by atoms with van der Waals surface area (Å²) >= 11 is 0. The average molecular weight is 757 g/mol. The minimum absolute atomic E-state index is 0.406. The lowest BCUT2D eigenvalue weighted by Crippen LogP contribution is -2.09. The molecular formula is C54H33N3O2. The molecule has 0 atom stereocenters. The van der Waals surface area contributed by atoms with Crippen LogP contribution in [0.4, 0.5) is 17.1 Å². The summed E-state index contributed by atoms with van der Waals surface area (Å²) in [4.78, 5) is 11.9. The molecule has 0 saturated heterocycles. The van der Waals surface area contributed by atoms with E-state index in [1.807, 2.05) is 66.7 Å². The number of oxazole rings is 2. The van der Waals surface area contributed by atoms with Gasteiger partial charge in [-0.05, 0) is 128 Å². The van der Waals surface area contributed by atoms with Crippen molar-refractivity contribution in [2.75, 3.05) is 4.90 Å². The summed E-state index contributed by atoms with van der Waals surface area (Å²) in [6.45, 7) is 0. The molecule has 12 rings (SSSR count). The Morgan fingerprint density at radius 2 is 0.780 bits per heavy atom. The van der Waals surface area contributed by atoms with E-state index in [1.165, 1.54) is 10.8 Å². The van der Waals surface area contributed by atoms with Crippen molar-refractivity contribution < 1.29 is 10.2 Å². The predicted octanol–water partition coefficient (Wildman–Crippen LogP) is 15.1. The number of benzene rings is 10. The summed E-state index contributed by atoms with van der Waals surface area (Å²) in [5.41, 5.74) is 9.72. The van der Waals surface area contributed by atoms with E-state index in [1.54, 1.807) is 0 Å². The van der Waals surface area contributed by atoms with E-state index < -0.39 is 0 Å². The molecule has 276 valence electrons. The average Bonchev–Trinajstić information content (AvgIpc) is 3.96. The summed E-state index contributed by atoms with van der Waals surface area (Å²) in [5, 5.41) is 8.76. The fraction of sp³-hybridized carbons (Fsp3) is 0. The highest BCUT2D eigenvalue weighted by Crippen LogP contribution is 2.40. The maximum Gasteiger partial charge on any atom is 0.227 e. The summed E-state index contributed by atoms with van der Waals surface area (Å²) in [5.74, 6) is 1.12. The van der Waals surface area contributed by atoms with Crippen LogP contribution in [0.5, 0.6) is 0 Å². The van der Waals surface area contributed by atoms with Crippen LogP contribution in [-0.4, -0.2) is 9.97 Å². The minimum atomic E-state index is 0.406. The first-order valence-electron chi connectivity index (χ1n) is 20.2. The molecule has 0 N–H and O–H groups in total. The Balaban J connectivity index is 0.948. The number of aromatic nitrogens is 2. The van der Waals surface area contributed by atoms with Crippen LogP contribution in [0.2, 0.25) is 0 Å². The molecule has 0 radical (unpaired) electrons. The first kappa shape index (κ1) is 32.1. The van der Waals surface area contributed by atoms with Gasteiger partial charge in [0, 0.05) is 39.0 Å². The maximum absolute atomic E-state index is 9.48. The fourth-order valence-electron chi connectivity index (χ4n) is 8.34. The molecule has 10 aromatic carbocycles. The third kappa shape index (κ3) is 5.71. The predicted molar refractivity (Wildman–Crippen MR) is 243 cm³/mol. The zero-order valence-electron chi connectivity index (χ0n) is 32.6. The first-order valence-corrected chi connectivity index (χ1v) is 19.7. The van der Waals surface area contributed by atoms with Crippen molar-refractivity contribution in [2.24, 2.45) is 0 Å². The second-order valence-corrected chi connectivity index (χ2v) is 15.0. The zero-order valence-corrected chi connectivity index (χ0v) is 31.6. The van der Waals surface area contributed by atoms with Crippen LogP contribution in [0, 0.1) is 0 Å². The van der Waals surface area contributed by atoms with Crippen LogP contribution < -0.4 is 4.90 Å². The first-order chi connectivity index (χ1) is 29.6. The van der Waals surface area contributed by atoms with Crippen LogP contribution in [0.3, 0.4) is 0 Å².